The number of hydrogen-bond donors (Lipinski definition) is 1. The second-order valence-electron chi connectivity index (χ2n) is 4.24. The summed E-state index contributed by atoms with van der Waals surface area (Å²) < 4.78 is 4.98. The van der Waals surface area contributed by atoms with E-state index in [1.54, 1.807) is 0 Å². The summed E-state index contributed by atoms with van der Waals surface area (Å²) in [5.74, 6) is -3.98. The molecule has 5 nitrogen and oxygen atoms in total. The first-order valence-electron chi connectivity index (χ1n) is 5.58. The molecule has 0 aromatic rings. The van der Waals surface area contributed by atoms with Crippen molar-refractivity contribution in [3.05, 3.63) is 0 Å². The summed E-state index contributed by atoms with van der Waals surface area (Å²) >= 11 is 0. The Bertz CT molecular complexity index is 281. The zero-order valence-corrected chi connectivity index (χ0v) is 12.5. The van der Waals surface area contributed by atoms with Crippen molar-refractivity contribution in [1.29, 1.82) is 0 Å². The van der Waals surface area contributed by atoms with Gasteiger partial charge >= 0.3 is 35.5 Å². The monoisotopic (exact) mass is 252 g/mol. The Labute approximate surface area is 123 Å². The van der Waals surface area contributed by atoms with E-state index in [0.717, 1.165) is 12.8 Å². The zero-order valence-electron chi connectivity index (χ0n) is 10.5. The quantitative estimate of drug-likeness (QED) is 0.405. The summed E-state index contributed by atoms with van der Waals surface area (Å²) in [4.78, 5) is 22.1. The second kappa shape index (κ2) is 7.36. The number of cyclic esters (lactones) is 1. The van der Waals surface area contributed by atoms with Gasteiger partial charge in [-0.15, -0.1) is 0 Å². The number of aliphatic hydroxyl groups is 1. The third kappa shape index (κ3) is 3.95. The van der Waals surface area contributed by atoms with Gasteiger partial charge in [0.1, 0.15) is 12.2 Å². The number of carboxylic acid groups (broad SMARTS) is 1. The molecule has 0 aliphatic carbocycles. The molecule has 1 aliphatic heterocycles. The fourth-order valence-electron chi connectivity index (χ4n) is 1.95. The van der Waals surface area contributed by atoms with Gasteiger partial charge in [0.25, 0.3) is 0 Å². The number of aliphatic hydroxyl groups excluding tert-OH is 1. The van der Waals surface area contributed by atoms with Crippen LogP contribution in [0.3, 0.4) is 0 Å². The van der Waals surface area contributed by atoms with Crippen molar-refractivity contribution in [2.24, 2.45) is 11.8 Å². The number of carbonyl (C=O) groups is 2. The van der Waals surface area contributed by atoms with Crippen molar-refractivity contribution in [3.63, 3.8) is 0 Å². The van der Waals surface area contributed by atoms with Gasteiger partial charge < -0.3 is 19.7 Å². The van der Waals surface area contributed by atoms with E-state index in [9.17, 15) is 19.8 Å². The number of ether oxygens (including phenoxy) is 1. The van der Waals surface area contributed by atoms with E-state index in [2.05, 4.69) is 0 Å². The molecule has 92 valence electrons. The van der Waals surface area contributed by atoms with Crippen molar-refractivity contribution < 1.29 is 54.1 Å². The molecule has 0 aromatic heterocycles. The van der Waals surface area contributed by atoms with Gasteiger partial charge in [-0.2, -0.15) is 0 Å². The molecule has 0 saturated carbocycles. The molecule has 17 heavy (non-hydrogen) atoms. The normalized spacial score (nSPS) is 29.4. The second-order valence-corrected chi connectivity index (χ2v) is 4.24. The molecule has 1 rings (SSSR count). The number of unbranched alkanes of at least 4 members (excludes halogenated alkanes) is 1. The molecular formula is C11H17NaO5. The fraction of sp³-hybridized carbons (Fsp3) is 0.818. The third-order valence-electron chi connectivity index (χ3n) is 3.04. The predicted octanol–water partition coefficient (Wildman–Crippen LogP) is -3.53. The molecule has 0 radical (unpaired) electrons. The maximum atomic E-state index is 11.4. The van der Waals surface area contributed by atoms with Crippen LogP contribution in [0.5, 0.6) is 0 Å². The molecule has 0 spiro atoms. The van der Waals surface area contributed by atoms with E-state index in [4.69, 9.17) is 4.74 Å². The van der Waals surface area contributed by atoms with E-state index >= 15 is 0 Å². The molecule has 4 atom stereocenters. The number of carbonyl (C=O) groups excluding carboxylic acids is 2. The number of hydrogen-bond acceptors (Lipinski definition) is 5. The molecule has 0 aromatic carbocycles. The van der Waals surface area contributed by atoms with Crippen LogP contribution in [0.25, 0.3) is 0 Å². The molecule has 6 heteroatoms. The van der Waals surface area contributed by atoms with Crippen LogP contribution in [0.1, 0.15) is 33.1 Å². The van der Waals surface area contributed by atoms with Crippen LogP contribution in [-0.2, 0) is 14.3 Å². The smallest absolute Gasteiger partial charge is 0.550 e. The van der Waals surface area contributed by atoms with E-state index in [1.807, 2.05) is 6.92 Å². The minimum Gasteiger partial charge on any atom is -0.550 e. The molecule has 1 heterocycles. The first-order chi connectivity index (χ1) is 7.49. The van der Waals surface area contributed by atoms with Gasteiger partial charge in [-0.1, -0.05) is 20.3 Å². The molecule has 1 N–H and O–H groups in total. The van der Waals surface area contributed by atoms with E-state index in [-0.39, 0.29) is 29.6 Å². The molecule has 1 fully saturated rings. The van der Waals surface area contributed by atoms with Crippen LogP contribution in [0.4, 0.5) is 0 Å². The molecule has 0 bridgehead atoms. The predicted molar refractivity (Wildman–Crippen MR) is 53.1 cm³/mol. The topological polar surface area (TPSA) is 86.7 Å². The van der Waals surface area contributed by atoms with Gasteiger partial charge in [0, 0.05) is 11.9 Å². The van der Waals surface area contributed by atoms with Crippen LogP contribution in [0.2, 0.25) is 0 Å². The van der Waals surface area contributed by atoms with Crippen LogP contribution < -0.4 is 34.7 Å². The zero-order chi connectivity index (χ0) is 12.3. The Balaban J connectivity index is 0.00000256. The Hall–Kier alpha value is -0.100. The number of esters is 1. The van der Waals surface area contributed by atoms with Crippen LogP contribution in [0.15, 0.2) is 0 Å². The van der Waals surface area contributed by atoms with E-state index in [1.165, 1.54) is 6.92 Å². The maximum absolute atomic E-state index is 11.4. The summed E-state index contributed by atoms with van der Waals surface area (Å²) in [6.45, 7) is 3.34. The maximum Gasteiger partial charge on any atom is 1.00 e. The first-order valence-corrected chi connectivity index (χ1v) is 5.58. The number of aliphatic carboxylic acids is 1. The molecule has 1 unspecified atom stereocenters. The van der Waals surface area contributed by atoms with Gasteiger partial charge in [-0.3, -0.25) is 4.79 Å². The fourth-order valence-corrected chi connectivity index (χ4v) is 1.95. The average Bonchev–Trinajstić information content (AvgIpc) is 2.50. The first kappa shape index (κ1) is 16.9. The minimum atomic E-state index is -1.34. The molecular weight excluding hydrogens is 235 g/mol. The van der Waals surface area contributed by atoms with Gasteiger partial charge in [-0.05, 0) is 12.8 Å². The summed E-state index contributed by atoms with van der Waals surface area (Å²) in [6.07, 6.45) is 0.731. The van der Waals surface area contributed by atoms with Crippen LogP contribution in [0, 0.1) is 11.8 Å². The van der Waals surface area contributed by atoms with Crippen molar-refractivity contribution in [1.82, 2.24) is 0 Å². The molecule has 1 aliphatic rings. The summed E-state index contributed by atoms with van der Waals surface area (Å²) in [5, 5.41) is 20.5. The Kier molecular flexibility index (Phi) is 7.32. The van der Waals surface area contributed by atoms with Crippen molar-refractivity contribution in [2.75, 3.05) is 0 Å². The van der Waals surface area contributed by atoms with Crippen molar-refractivity contribution in [3.8, 4) is 0 Å². The minimum absolute atomic E-state index is 0. The van der Waals surface area contributed by atoms with Crippen LogP contribution >= 0.6 is 0 Å². The Morgan fingerprint density at radius 3 is 2.65 bits per heavy atom. The Morgan fingerprint density at radius 1 is 1.59 bits per heavy atom. The van der Waals surface area contributed by atoms with E-state index < -0.39 is 36.0 Å². The summed E-state index contributed by atoms with van der Waals surface area (Å²) in [7, 11) is 0. The van der Waals surface area contributed by atoms with Crippen molar-refractivity contribution >= 4 is 11.9 Å². The average molecular weight is 252 g/mol. The SMILES string of the molecule is CCCC[C@@H]1OC(=O)[C@H](C(C)C(=O)[O-])[C@@H]1O.[Na+]. The molecule has 1 saturated heterocycles. The van der Waals surface area contributed by atoms with Crippen molar-refractivity contribution in [2.45, 2.75) is 45.3 Å². The van der Waals surface area contributed by atoms with Gasteiger partial charge in [0.15, 0.2) is 0 Å². The number of rotatable bonds is 5. The summed E-state index contributed by atoms with van der Waals surface area (Å²) in [5.41, 5.74) is 0. The standard InChI is InChI=1S/C11H18O5.Na/c1-3-4-5-7-9(12)8(11(15)16-7)6(2)10(13)14;/h6-9,12H,3-5H2,1-2H3,(H,13,14);/q;+1/p-1/t6?,7-,8+,9+;/m0./s1. The number of carboxylic acids is 1. The molecule has 0 amide bonds. The van der Waals surface area contributed by atoms with Crippen LogP contribution in [-0.4, -0.2) is 29.3 Å². The largest absolute Gasteiger partial charge is 1.00 e. The summed E-state index contributed by atoms with van der Waals surface area (Å²) in [6, 6.07) is 0. The van der Waals surface area contributed by atoms with E-state index in [0.29, 0.717) is 6.42 Å². The third-order valence-corrected chi connectivity index (χ3v) is 3.04. The van der Waals surface area contributed by atoms with Gasteiger partial charge in [0.2, 0.25) is 0 Å². The van der Waals surface area contributed by atoms with Gasteiger partial charge in [0.05, 0.1) is 5.92 Å². The Morgan fingerprint density at radius 2 is 2.18 bits per heavy atom. The van der Waals surface area contributed by atoms with Gasteiger partial charge in [-0.25, -0.2) is 0 Å².